The molecule has 1 rings (SSSR count). The van der Waals surface area contributed by atoms with Crippen LogP contribution in [0.15, 0.2) is 18.2 Å². The van der Waals surface area contributed by atoms with Gasteiger partial charge in [-0.15, -0.1) is 0 Å². The number of carbonyl (C=O) groups is 2. The third kappa shape index (κ3) is 2.14. The van der Waals surface area contributed by atoms with Gasteiger partial charge in [-0.05, 0) is 6.07 Å². The maximum absolute atomic E-state index is 11.1. The molecule has 0 N–H and O–H groups in total. The minimum atomic E-state index is -1.68. The monoisotopic (exact) mass is 224 g/mol. The molecule has 1 aromatic carbocycles. The molecule has 0 aromatic heterocycles. The second kappa shape index (κ2) is 4.39. The molecule has 0 bridgehead atoms. The number of carboxylic acid groups (broad SMARTS) is 1. The van der Waals surface area contributed by atoms with Crippen molar-refractivity contribution in [3.05, 3.63) is 39.4 Å². The third-order valence-corrected chi connectivity index (χ3v) is 1.84. The van der Waals surface area contributed by atoms with Crippen molar-refractivity contribution < 1.29 is 24.4 Å². The van der Waals surface area contributed by atoms with E-state index in [0.717, 1.165) is 25.3 Å². The number of aromatic carboxylic acids is 1. The molecule has 1 aromatic rings. The lowest BCUT2D eigenvalue weighted by molar-refractivity contribution is -0.385. The van der Waals surface area contributed by atoms with Gasteiger partial charge in [0.1, 0.15) is 0 Å². The summed E-state index contributed by atoms with van der Waals surface area (Å²) < 4.78 is 4.33. The molecule has 0 saturated heterocycles. The van der Waals surface area contributed by atoms with E-state index in [0.29, 0.717) is 0 Å². The van der Waals surface area contributed by atoms with E-state index in [-0.39, 0.29) is 5.56 Å². The second-order valence-electron chi connectivity index (χ2n) is 2.77. The zero-order valence-electron chi connectivity index (χ0n) is 8.13. The van der Waals surface area contributed by atoms with Crippen molar-refractivity contribution in [2.24, 2.45) is 0 Å². The van der Waals surface area contributed by atoms with Gasteiger partial charge in [-0.25, -0.2) is 4.79 Å². The van der Waals surface area contributed by atoms with Gasteiger partial charge in [0.25, 0.3) is 5.69 Å². The van der Waals surface area contributed by atoms with Crippen LogP contribution in [0.1, 0.15) is 20.7 Å². The number of hydrogen-bond donors (Lipinski definition) is 0. The lowest BCUT2D eigenvalue weighted by Gasteiger charge is -2.07. The van der Waals surface area contributed by atoms with Crippen LogP contribution in [-0.4, -0.2) is 24.0 Å². The zero-order chi connectivity index (χ0) is 12.3. The van der Waals surface area contributed by atoms with Crippen molar-refractivity contribution in [2.75, 3.05) is 7.11 Å². The first kappa shape index (κ1) is 11.6. The van der Waals surface area contributed by atoms with Crippen LogP contribution in [0.25, 0.3) is 0 Å². The molecule has 84 valence electrons. The Bertz CT molecular complexity index is 467. The topological polar surface area (TPSA) is 110 Å². The molecule has 0 spiro atoms. The Labute approximate surface area is 89.4 Å². The molecular formula is C9H6NO6-. The highest BCUT2D eigenvalue weighted by Gasteiger charge is 2.16. The lowest BCUT2D eigenvalue weighted by Crippen LogP contribution is -2.25. The molecule has 0 aliphatic rings. The van der Waals surface area contributed by atoms with Gasteiger partial charge < -0.3 is 14.6 Å². The molecule has 16 heavy (non-hydrogen) atoms. The van der Waals surface area contributed by atoms with E-state index in [2.05, 4.69) is 4.74 Å². The van der Waals surface area contributed by atoms with Gasteiger partial charge in [0, 0.05) is 17.7 Å². The highest BCUT2D eigenvalue weighted by Crippen LogP contribution is 2.18. The minimum absolute atomic E-state index is 0.284. The number of nitrogens with zero attached hydrogens (tertiary/aromatic N) is 1. The number of nitro benzene ring substituents is 1. The lowest BCUT2D eigenvalue weighted by atomic mass is 10.1. The number of nitro groups is 1. The minimum Gasteiger partial charge on any atom is -0.545 e. The summed E-state index contributed by atoms with van der Waals surface area (Å²) in [5.74, 6) is -2.57. The molecule has 0 aliphatic heterocycles. The first-order valence-electron chi connectivity index (χ1n) is 4.05. The number of esters is 1. The normalized spacial score (nSPS) is 9.56. The standard InChI is InChI=1S/C9H7NO6/c1-16-9(13)6-3-2-5(10(14)15)4-7(6)8(11)12/h2-4H,1H3,(H,11,12)/p-1. The van der Waals surface area contributed by atoms with E-state index < -0.39 is 28.1 Å². The molecule has 0 unspecified atom stereocenters. The average molecular weight is 224 g/mol. The predicted molar refractivity (Wildman–Crippen MR) is 48.8 cm³/mol. The maximum atomic E-state index is 11.1. The quantitative estimate of drug-likeness (QED) is 0.397. The van der Waals surface area contributed by atoms with Crippen LogP contribution in [0.2, 0.25) is 0 Å². The number of carbonyl (C=O) groups excluding carboxylic acids is 2. The van der Waals surface area contributed by atoms with Crippen LogP contribution in [0.4, 0.5) is 5.69 Å². The van der Waals surface area contributed by atoms with Crippen LogP contribution in [-0.2, 0) is 4.74 Å². The van der Waals surface area contributed by atoms with Crippen molar-refractivity contribution in [3.8, 4) is 0 Å². The Morgan fingerprint density at radius 1 is 1.31 bits per heavy atom. The highest BCUT2D eigenvalue weighted by atomic mass is 16.6. The van der Waals surface area contributed by atoms with E-state index in [1.54, 1.807) is 0 Å². The van der Waals surface area contributed by atoms with Crippen molar-refractivity contribution in [1.29, 1.82) is 0 Å². The first-order chi connectivity index (χ1) is 7.47. The van der Waals surface area contributed by atoms with Crippen molar-refractivity contribution in [1.82, 2.24) is 0 Å². The largest absolute Gasteiger partial charge is 0.545 e. The number of hydrogen-bond acceptors (Lipinski definition) is 6. The molecule has 0 radical (unpaired) electrons. The number of benzene rings is 1. The average Bonchev–Trinajstić information content (AvgIpc) is 2.26. The molecule has 0 amide bonds. The summed E-state index contributed by atoms with van der Waals surface area (Å²) in [5.41, 5.74) is -1.29. The fourth-order valence-electron chi connectivity index (χ4n) is 1.10. The molecule has 0 heterocycles. The van der Waals surface area contributed by atoms with Crippen LogP contribution in [0.3, 0.4) is 0 Å². The van der Waals surface area contributed by atoms with Crippen LogP contribution in [0.5, 0.6) is 0 Å². The van der Waals surface area contributed by atoms with E-state index >= 15 is 0 Å². The number of methoxy groups -OCH3 is 1. The fraction of sp³-hybridized carbons (Fsp3) is 0.111. The first-order valence-corrected chi connectivity index (χ1v) is 4.05. The third-order valence-electron chi connectivity index (χ3n) is 1.84. The van der Waals surface area contributed by atoms with Gasteiger partial charge in [-0.3, -0.25) is 10.1 Å². The summed E-state index contributed by atoms with van der Waals surface area (Å²) >= 11 is 0. The molecule has 0 saturated carbocycles. The van der Waals surface area contributed by atoms with Crippen LogP contribution < -0.4 is 5.11 Å². The molecular weight excluding hydrogens is 218 g/mol. The predicted octanol–water partition coefficient (Wildman–Crippen LogP) is -0.255. The molecule has 0 aliphatic carbocycles. The fourth-order valence-corrected chi connectivity index (χ4v) is 1.10. The molecule has 0 fully saturated rings. The van der Waals surface area contributed by atoms with Gasteiger partial charge in [0.15, 0.2) is 0 Å². The Kier molecular flexibility index (Phi) is 3.19. The summed E-state index contributed by atoms with van der Waals surface area (Å²) in [6.07, 6.45) is 0. The Balaban J connectivity index is 3.36. The van der Waals surface area contributed by atoms with Crippen molar-refractivity contribution >= 4 is 17.6 Å². The summed E-state index contributed by atoms with van der Waals surface area (Å²) in [7, 11) is 1.07. The van der Waals surface area contributed by atoms with E-state index in [1.807, 2.05) is 0 Å². The Morgan fingerprint density at radius 2 is 1.94 bits per heavy atom. The van der Waals surface area contributed by atoms with E-state index in [1.165, 1.54) is 0 Å². The second-order valence-corrected chi connectivity index (χ2v) is 2.77. The van der Waals surface area contributed by atoms with Gasteiger partial charge in [0.05, 0.1) is 23.6 Å². The number of rotatable bonds is 3. The smallest absolute Gasteiger partial charge is 0.338 e. The number of carboxylic acids is 1. The summed E-state index contributed by atoms with van der Waals surface area (Å²) in [4.78, 5) is 31.4. The van der Waals surface area contributed by atoms with Crippen molar-refractivity contribution in [3.63, 3.8) is 0 Å². The van der Waals surface area contributed by atoms with Crippen molar-refractivity contribution in [2.45, 2.75) is 0 Å². The van der Waals surface area contributed by atoms with Crippen LogP contribution in [0, 0.1) is 10.1 Å². The van der Waals surface area contributed by atoms with Gasteiger partial charge in [-0.1, -0.05) is 0 Å². The summed E-state index contributed by atoms with van der Waals surface area (Å²) in [5, 5.41) is 21.1. The Hall–Kier alpha value is -2.44. The van der Waals surface area contributed by atoms with E-state index in [9.17, 15) is 24.8 Å². The maximum Gasteiger partial charge on any atom is 0.338 e. The van der Waals surface area contributed by atoms with Gasteiger partial charge in [0.2, 0.25) is 0 Å². The zero-order valence-corrected chi connectivity index (χ0v) is 8.13. The van der Waals surface area contributed by atoms with Gasteiger partial charge in [-0.2, -0.15) is 0 Å². The summed E-state index contributed by atoms with van der Waals surface area (Å²) in [6.45, 7) is 0. The summed E-state index contributed by atoms with van der Waals surface area (Å²) in [6, 6.07) is 2.77. The molecule has 0 atom stereocenters. The van der Waals surface area contributed by atoms with Gasteiger partial charge >= 0.3 is 5.97 Å². The SMILES string of the molecule is COC(=O)c1ccc([N+](=O)[O-])cc1C(=O)[O-]. The van der Waals surface area contributed by atoms with E-state index in [4.69, 9.17) is 0 Å². The van der Waals surface area contributed by atoms with Crippen LogP contribution >= 0.6 is 0 Å². The highest BCUT2D eigenvalue weighted by molar-refractivity contribution is 6.02. The molecule has 7 nitrogen and oxygen atoms in total. The number of ether oxygens (including phenoxy) is 1. The Morgan fingerprint density at radius 3 is 2.38 bits per heavy atom. The molecule has 7 heteroatoms. The number of non-ortho nitro benzene ring substituents is 1.